The Bertz CT molecular complexity index is 542. The molecule has 1 aromatic carbocycles. The van der Waals surface area contributed by atoms with Crippen LogP contribution in [0.15, 0.2) is 29.1 Å². The van der Waals surface area contributed by atoms with Gasteiger partial charge in [-0.05, 0) is 18.7 Å². The Balaban J connectivity index is 1.68. The third-order valence-corrected chi connectivity index (χ3v) is 2.99. The molecule has 0 saturated carbocycles. The second-order valence-corrected chi connectivity index (χ2v) is 4.26. The lowest BCUT2D eigenvalue weighted by Crippen LogP contribution is -2.21. The third kappa shape index (κ3) is 2.53. The molecule has 1 unspecified atom stereocenters. The molecule has 1 aromatic heterocycles. The molecule has 100 valence electrons. The topological polar surface area (TPSA) is 69.4 Å². The molecule has 2 aromatic rings. The van der Waals surface area contributed by atoms with Crippen molar-refractivity contribution in [2.24, 2.45) is 0 Å². The van der Waals surface area contributed by atoms with Crippen LogP contribution in [0.4, 0.5) is 0 Å². The molecular formula is C13H15N3O3. The standard InChI is InChI=1S/C13H15N3O3/c1-2-14-11-6-18-12-5-9(3-4-10(11)12)17-7-13-15-8-19-16-13/h3-5,8,11,14H,2,6-7H2,1H3. The number of nitrogens with one attached hydrogen (secondary N) is 1. The van der Waals surface area contributed by atoms with E-state index in [9.17, 15) is 0 Å². The molecule has 0 spiro atoms. The van der Waals surface area contributed by atoms with E-state index in [-0.39, 0.29) is 12.6 Å². The van der Waals surface area contributed by atoms with Crippen LogP contribution >= 0.6 is 0 Å². The predicted molar refractivity (Wildman–Crippen MR) is 67.0 cm³/mol. The monoisotopic (exact) mass is 261 g/mol. The molecule has 2 heterocycles. The van der Waals surface area contributed by atoms with Crippen molar-refractivity contribution in [2.75, 3.05) is 13.2 Å². The van der Waals surface area contributed by atoms with Gasteiger partial charge in [-0.2, -0.15) is 4.98 Å². The summed E-state index contributed by atoms with van der Waals surface area (Å²) < 4.78 is 15.9. The maximum atomic E-state index is 5.65. The first-order valence-electron chi connectivity index (χ1n) is 6.25. The molecule has 0 radical (unpaired) electrons. The SMILES string of the molecule is CCNC1COc2cc(OCc3ncon3)ccc21. The zero-order chi connectivity index (χ0) is 13.1. The van der Waals surface area contributed by atoms with Gasteiger partial charge in [-0.25, -0.2) is 0 Å². The van der Waals surface area contributed by atoms with Crippen molar-refractivity contribution in [2.45, 2.75) is 19.6 Å². The lowest BCUT2D eigenvalue weighted by atomic mass is 10.1. The average molecular weight is 261 g/mol. The number of nitrogens with zero attached hydrogens (tertiary/aromatic N) is 2. The van der Waals surface area contributed by atoms with E-state index in [2.05, 4.69) is 26.9 Å². The second kappa shape index (κ2) is 5.27. The highest BCUT2D eigenvalue weighted by Crippen LogP contribution is 2.35. The Morgan fingerprint density at radius 1 is 1.47 bits per heavy atom. The normalized spacial score (nSPS) is 17.0. The first-order valence-corrected chi connectivity index (χ1v) is 6.25. The number of hydrogen-bond donors (Lipinski definition) is 1. The van der Waals surface area contributed by atoms with E-state index in [0.29, 0.717) is 12.4 Å². The summed E-state index contributed by atoms with van der Waals surface area (Å²) in [5.74, 6) is 2.13. The second-order valence-electron chi connectivity index (χ2n) is 4.26. The van der Waals surface area contributed by atoms with Gasteiger partial charge in [0.15, 0.2) is 6.61 Å². The van der Waals surface area contributed by atoms with Crippen molar-refractivity contribution in [1.82, 2.24) is 15.5 Å². The highest BCUT2D eigenvalue weighted by Gasteiger charge is 2.23. The van der Waals surface area contributed by atoms with Crippen molar-refractivity contribution in [1.29, 1.82) is 0 Å². The molecular weight excluding hydrogens is 246 g/mol. The number of fused-ring (bicyclic) bond motifs is 1. The maximum absolute atomic E-state index is 5.65. The van der Waals surface area contributed by atoms with E-state index in [1.165, 1.54) is 12.0 Å². The number of benzene rings is 1. The van der Waals surface area contributed by atoms with Gasteiger partial charge in [-0.1, -0.05) is 12.1 Å². The number of ether oxygens (including phenoxy) is 2. The van der Waals surface area contributed by atoms with Crippen LogP contribution in [0.25, 0.3) is 0 Å². The van der Waals surface area contributed by atoms with Gasteiger partial charge in [0.05, 0.1) is 6.04 Å². The molecule has 0 aliphatic carbocycles. The highest BCUT2D eigenvalue weighted by atomic mass is 16.5. The number of hydrogen-bond acceptors (Lipinski definition) is 6. The Kier molecular flexibility index (Phi) is 3.33. The largest absolute Gasteiger partial charge is 0.491 e. The van der Waals surface area contributed by atoms with Crippen LogP contribution in [0.3, 0.4) is 0 Å². The summed E-state index contributed by atoms with van der Waals surface area (Å²) in [6.45, 7) is 3.95. The lowest BCUT2D eigenvalue weighted by molar-refractivity contribution is 0.282. The van der Waals surface area contributed by atoms with Crippen molar-refractivity contribution in [3.63, 3.8) is 0 Å². The van der Waals surface area contributed by atoms with Crippen molar-refractivity contribution < 1.29 is 14.0 Å². The van der Waals surface area contributed by atoms with Gasteiger partial charge in [0, 0.05) is 11.6 Å². The van der Waals surface area contributed by atoms with Crippen LogP contribution in [-0.4, -0.2) is 23.3 Å². The molecule has 0 amide bonds. The molecule has 0 bridgehead atoms. The van der Waals surface area contributed by atoms with Gasteiger partial charge in [0.2, 0.25) is 12.2 Å². The zero-order valence-corrected chi connectivity index (χ0v) is 10.6. The van der Waals surface area contributed by atoms with Crippen LogP contribution < -0.4 is 14.8 Å². The minimum Gasteiger partial charge on any atom is -0.491 e. The van der Waals surface area contributed by atoms with E-state index in [1.807, 2.05) is 18.2 Å². The predicted octanol–water partition coefficient (Wildman–Crippen LogP) is 1.69. The average Bonchev–Trinajstić information content (AvgIpc) is 3.06. The molecule has 19 heavy (non-hydrogen) atoms. The molecule has 1 atom stereocenters. The lowest BCUT2D eigenvalue weighted by Gasteiger charge is -2.09. The van der Waals surface area contributed by atoms with E-state index >= 15 is 0 Å². The first-order chi connectivity index (χ1) is 9.36. The Labute approximate surface area is 110 Å². The first kappa shape index (κ1) is 12.0. The van der Waals surface area contributed by atoms with Crippen LogP contribution in [-0.2, 0) is 6.61 Å². The minimum absolute atomic E-state index is 0.270. The summed E-state index contributed by atoms with van der Waals surface area (Å²) in [5.41, 5.74) is 1.17. The van der Waals surface area contributed by atoms with Crippen molar-refractivity contribution >= 4 is 0 Å². The molecule has 6 nitrogen and oxygen atoms in total. The van der Waals surface area contributed by atoms with E-state index in [1.54, 1.807) is 0 Å². The van der Waals surface area contributed by atoms with E-state index in [4.69, 9.17) is 9.47 Å². The summed E-state index contributed by atoms with van der Waals surface area (Å²) in [6.07, 6.45) is 1.28. The fourth-order valence-electron chi connectivity index (χ4n) is 2.10. The third-order valence-electron chi connectivity index (χ3n) is 2.99. The van der Waals surface area contributed by atoms with Gasteiger partial charge < -0.3 is 19.3 Å². The Morgan fingerprint density at radius 3 is 3.21 bits per heavy atom. The van der Waals surface area contributed by atoms with E-state index < -0.39 is 0 Å². The summed E-state index contributed by atoms with van der Waals surface area (Å²) in [5, 5.41) is 7.06. The summed E-state index contributed by atoms with van der Waals surface area (Å²) in [7, 11) is 0. The van der Waals surface area contributed by atoms with Crippen LogP contribution in [0.1, 0.15) is 24.4 Å². The zero-order valence-electron chi connectivity index (χ0n) is 10.6. The fourth-order valence-corrected chi connectivity index (χ4v) is 2.10. The molecule has 6 heteroatoms. The highest BCUT2D eigenvalue weighted by molar-refractivity contribution is 5.45. The fraction of sp³-hybridized carbons (Fsp3) is 0.385. The van der Waals surface area contributed by atoms with Crippen molar-refractivity contribution in [3.8, 4) is 11.5 Å². The number of likely N-dealkylation sites (N-methyl/N-ethyl adjacent to an activating group) is 1. The van der Waals surface area contributed by atoms with E-state index in [0.717, 1.165) is 18.0 Å². The van der Waals surface area contributed by atoms with Crippen LogP contribution in [0.2, 0.25) is 0 Å². The molecule has 1 N–H and O–H groups in total. The maximum Gasteiger partial charge on any atom is 0.213 e. The summed E-state index contributed by atoms with van der Waals surface area (Å²) in [4.78, 5) is 3.90. The van der Waals surface area contributed by atoms with Crippen LogP contribution in [0, 0.1) is 0 Å². The summed E-state index contributed by atoms with van der Waals surface area (Å²) >= 11 is 0. The van der Waals surface area contributed by atoms with Gasteiger partial charge in [0.25, 0.3) is 0 Å². The number of aromatic nitrogens is 2. The van der Waals surface area contributed by atoms with Gasteiger partial charge in [0.1, 0.15) is 18.1 Å². The van der Waals surface area contributed by atoms with Crippen LogP contribution in [0.5, 0.6) is 11.5 Å². The van der Waals surface area contributed by atoms with Gasteiger partial charge in [-0.15, -0.1) is 0 Å². The molecule has 0 saturated heterocycles. The smallest absolute Gasteiger partial charge is 0.213 e. The molecule has 1 aliphatic heterocycles. The van der Waals surface area contributed by atoms with Crippen molar-refractivity contribution in [3.05, 3.63) is 36.0 Å². The van der Waals surface area contributed by atoms with Gasteiger partial charge in [-0.3, -0.25) is 0 Å². The quantitative estimate of drug-likeness (QED) is 0.883. The Morgan fingerprint density at radius 2 is 2.42 bits per heavy atom. The number of rotatable bonds is 5. The molecule has 1 aliphatic rings. The molecule has 3 rings (SSSR count). The molecule has 0 fully saturated rings. The van der Waals surface area contributed by atoms with Gasteiger partial charge >= 0.3 is 0 Å². The minimum atomic E-state index is 0.270. The Hall–Kier alpha value is -2.08. The summed E-state index contributed by atoms with van der Waals surface area (Å²) in [6, 6.07) is 6.12.